The van der Waals surface area contributed by atoms with Gasteiger partial charge in [0.1, 0.15) is 5.82 Å². The van der Waals surface area contributed by atoms with Crippen molar-refractivity contribution >= 4 is 5.82 Å². The van der Waals surface area contributed by atoms with Crippen molar-refractivity contribution in [1.29, 1.82) is 0 Å². The monoisotopic (exact) mass is 275 g/mol. The fourth-order valence-electron chi connectivity index (χ4n) is 2.45. The van der Waals surface area contributed by atoms with Crippen molar-refractivity contribution in [1.82, 2.24) is 10.3 Å². The highest BCUT2D eigenvalue weighted by molar-refractivity contribution is 5.43. The Balaban J connectivity index is 2.13. The summed E-state index contributed by atoms with van der Waals surface area (Å²) < 4.78 is 0. The van der Waals surface area contributed by atoms with E-state index in [1.807, 2.05) is 0 Å². The first kappa shape index (κ1) is 15.3. The first-order chi connectivity index (χ1) is 9.62. The van der Waals surface area contributed by atoms with E-state index in [4.69, 9.17) is 4.98 Å². The topological polar surface area (TPSA) is 28.2 Å². The molecule has 3 nitrogen and oxygen atoms in total. The largest absolute Gasteiger partial charge is 0.357 e. The quantitative estimate of drug-likeness (QED) is 0.788. The number of nitrogens with zero attached hydrogens (tertiary/aromatic N) is 2. The van der Waals surface area contributed by atoms with Gasteiger partial charge in [0, 0.05) is 31.4 Å². The van der Waals surface area contributed by atoms with Gasteiger partial charge in [-0.05, 0) is 49.8 Å². The third-order valence-corrected chi connectivity index (χ3v) is 3.75. The predicted octanol–water partition coefficient (Wildman–Crippen LogP) is 3.38. The number of pyridine rings is 1. The van der Waals surface area contributed by atoms with Gasteiger partial charge in [-0.25, -0.2) is 4.98 Å². The van der Waals surface area contributed by atoms with Crippen LogP contribution < -0.4 is 10.2 Å². The van der Waals surface area contributed by atoms with Crippen LogP contribution in [0.1, 0.15) is 51.8 Å². The van der Waals surface area contributed by atoms with Crippen LogP contribution in [0.2, 0.25) is 0 Å². The maximum atomic E-state index is 4.82. The fraction of sp³-hybridized carbons (Fsp3) is 0.706. The summed E-state index contributed by atoms with van der Waals surface area (Å²) in [7, 11) is 0. The predicted molar refractivity (Wildman–Crippen MR) is 86.2 cm³/mol. The molecule has 0 atom stereocenters. The molecule has 20 heavy (non-hydrogen) atoms. The van der Waals surface area contributed by atoms with Crippen LogP contribution in [0.25, 0.3) is 0 Å². The Hall–Kier alpha value is -1.09. The first-order valence-corrected chi connectivity index (χ1v) is 8.10. The van der Waals surface area contributed by atoms with Crippen LogP contribution in [0.5, 0.6) is 0 Å². The third-order valence-electron chi connectivity index (χ3n) is 3.75. The molecule has 0 radical (unpaired) electrons. The molecule has 0 unspecified atom stereocenters. The molecule has 1 saturated carbocycles. The summed E-state index contributed by atoms with van der Waals surface area (Å²) in [6, 6.07) is 5.28. The van der Waals surface area contributed by atoms with Crippen molar-refractivity contribution in [2.45, 2.75) is 59.5 Å². The van der Waals surface area contributed by atoms with Gasteiger partial charge in [-0.3, -0.25) is 0 Å². The number of aryl methyl sites for hydroxylation is 1. The minimum Gasteiger partial charge on any atom is -0.357 e. The van der Waals surface area contributed by atoms with Gasteiger partial charge < -0.3 is 10.2 Å². The lowest BCUT2D eigenvalue weighted by molar-refractivity contribution is 0.612. The van der Waals surface area contributed by atoms with Crippen LogP contribution in [-0.2, 0) is 13.0 Å². The molecule has 1 fully saturated rings. The van der Waals surface area contributed by atoms with Gasteiger partial charge >= 0.3 is 0 Å². The van der Waals surface area contributed by atoms with E-state index >= 15 is 0 Å². The van der Waals surface area contributed by atoms with Gasteiger partial charge in [0.25, 0.3) is 0 Å². The van der Waals surface area contributed by atoms with Crippen LogP contribution in [0, 0.1) is 5.92 Å². The van der Waals surface area contributed by atoms with Crippen LogP contribution in [-0.4, -0.2) is 24.1 Å². The molecule has 1 aromatic heterocycles. The number of hydrogen-bond donors (Lipinski definition) is 1. The van der Waals surface area contributed by atoms with E-state index in [-0.39, 0.29) is 0 Å². The molecule has 1 aliphatic carbocycles. The number of rotatable bonds is 8. The van der Waals surface area contributed by atoms with E-state index in [2.05, 4.69) is 50.0 Å². The van der Waals surface area contributed by atoms with Crippen LogP contribution in [0.15, 0.2) is 12.1 Å². The number of aromatic nitrogens is 1. The third kappa shape index (κ3) is 4.48. The van der Waals surface area contributed by atoms with Crippen LogP contribution >= 0.6 is 0 Å². The maximum absolute atomic E-state index is 4.82. The Morgan fingerprint density at radius 2 is 2.05 bits per heavy atom. The number of anilines is 1. The molecule has 1 aliphatic rings. The minimum atomic E-state index is 0.662. The average Bonchev–Trinajstić information content (AvgIpc) is 3.26. The van der Waals surface area contributed by atoms with E-state index in [0.717, 1.165) is 37.9 Å². The second-order valence-corrected chi connectivity index (χ2v) is 6.27. The number of nitrogens with one attached hydrogen (secondary N) is 1. The molecule has 1 N–H and O–H groups in total. The molecule has 0 spiro atoms. The van der Waals surface area contributed by atoms with Gasteiger partial charge in [-0.2, -0.15) is 0 Å². The van der Waals surface area contributed by atoms with Gasteiger partial charge in [0.15, 0.2) is 0 Å². The molecule has 2 rings (SSSR count). The highest BCUT2D eigenvalue weighted by Gasteiger charge is 2.20. The zero-order valence-corrected chi connectivity index (χ0v) is 13.4. The zero-order chi connectivity index (χ0) is 14.5. The smallest absolute Gasteiger partial charge is 0.129 e. The lowest BCUT2D eigenvalue weighted by Crippen LogP contribution is -2.28. The number of hydrogen-bond acceptors (Lipinski definition) is 3. The molecule has 0 amide bonds. The standard InChI is InChI=1S/C17H29N3/c1-5-15-9-14(11-18-16-7-8-16)10-17(19-15)20(6-2)12-13(3)4/h9-10,13,16,18H,5-8,11-12H2,1-4H3. The highest BCUT2D eigenvalue weighted by atomic mass is 15.2. The second kappa shape index (κ2) is 7.07. The van der Waals surface area contributed by atoms with Gasteiger partial charge in [0.05, 0.1) is 0 Å². The summed E-state index contributed by atoms with van der Waals surface area (Å²) in [5, 5.41) is 3.60. The lowest BCUT2D eigenvalue weighted by atomic mass is 10.1. The Kier molecular flexibility index (Phi) is 5.41. The molecule has 0 saturated heterocycles. The van der Waals surface area contributed by atoms with Crippen molar-refractivity contribution in [2.24, 2.45) is 5.92 Å². The van der Waals surface area contributed by atoms with E-state index in [1.54, 1.807) is 0 Å². The Morgan fingerprint density at radius 3 is 2.60 bits per heavy atom. The fourth-order valence-corrected chi connectivity index (χ4v) is 2.45. The molecular formula is C17H29N3. The Morgan fingerprint density at radius 1 is 1.30 bits per heavy atom. The van der Waals surface area contributed by atoms with Crippen molar-refractivity contribution < 1.29 is 0 Å². The van der Waals surface area contributed by atoms with E-state index in [1.165, 1.54) is 24.1 Å². The van der Waals surface area contributed by atoms with Gasteiger partial charge in [-0.1, -0.05) is 20.8 Å². The van der Waals surface area contributed by atoms with Crippen molar-refractivity contribution in [3.8, 4) is 0 Å². The Bertz CT molecular complexity index is 424. The SMILES string of the molecule is CCc1cc(CNC2CC2)cc(N(CC)CC(C)C)n1. The molecule has 0 bridgehead atoms. The average molecular weight is 275 g/mol. The zero-order valence-electron chi connectivity index (χ0n) is 13.4. The maximum Gasteiger partial charge on any atom is 0.129 e. The van der Waals surface area contributed by atoms with Gasteiger partial charge in [-0.15, -0.1) is 0 Å². The normalized spacial score (nSPS) is 14.8. The molecule has 3 heteroatoms. The molecule has 112 valence electrons. The molecule has 1 aromatic rings. The molecule has 0 aromatic carbocycles. The highest BCUT2D eigenvalue weighted by Crippen LogP contribution is 2.21. The van der Waals surface area contributed by atoms with Gasteiger partial charge in [0.2, 0.25) is 0 Å². The first-order valence-electron chi connectivity index (χ1n) is 8.10. The second-order valence-electron chi connectivity index (χ2n) is 6.27. The Labute approximate surface area is 123 Å². The van der Waals surface area contributed by atoms with Crippen molar-refractivity contribution in [2.75, 3.05) is 18.0 Å². The minimum absolute atomic E-state index is 0.662. The molecule has 1 heterocycles. The summed E-state index contributed by atoms with van der Waals surface area (Å²) >= 11 is 0. The summed E-state index contributed by atoms with van der Waals surface area (Å²) in [5.74, 6) is 1.81. The van der Waals surface area contributed by atoms with Crippen molar-refractivity contribution in [3.63, 3.8) is 0 Å². The summed E-state index contributed by atoms with van der Waals surface area (Å²) in [6.45, 7) is 12.0. The van der Waals surface area contributed by atoms with E-state index < -0.39 is 0 Å². The van der Waals surface area contributed by atoms with E-state index in [0.29, 0.717) is 5.92 Å². The van der Waals surface area contributed by atoms with E-state index in [9.17, 15) is 0 Å². The lowest BCUT2D eigenvalue weighted by Gasteiger charge is -2.25. The molecular weight excluding hydrogens is 246 g/mol. The summed E-state index contributed by atoms with van der Waals surface area (Å²) in [5.41, 5.74) is 2.58. The molecule has 0 aliphatic heterocycles. The summed E-state index contributed by atoms with van der Waals surface area (Å²) in [4.78, 5) is 7.21. The van der Waals surface area contributed by atoms with Crippen LogP contribution in [0.3, 0.4) is 0 Å². The van der Waals surface area contributed by atoms with Crippen LogP contribution in [0.4, 0.5) is 5.82 Å². The van der Waals surface area contributed by atoms with Crippen molar-refractivity contribution in [3.05, 3.63) is 23.4 Å². The summed E-state index contributed by atoms with van der Waals surface area (Å²) in [6.07, 6.45) is 3.68.